The summed E-state index contributed by atoms with van der Waals surface area (Å²) in [7, 11) is 0. The third kappa shape index (κ3) is 5.36. The van der Waals surface area contributed by atoms with Crippen LogP contribution in [-0.4, -0.2) is 35.5 Å². The Morgan fingerprint density at radius 1 is 1.22 bits per heavy atom. The lowest BCUT2D eigenvalue weighted by Crippen LogP contribution is -2.48. The molecule has 2 atom stereocenters. The zero-order valence-electron chi connectivity index (χ0n) is 13.1. The predicted molar refractivity (Wildman–Crippen MR) is 82.6 cm³/mol. The van der Waals surface area contributed by atoms with Gasteiger partial charge in [0.1, 0.15) is 0 Å². The lowest BCUT2D eigenvalue weighted by atomic mass is 9.86. The second-order valence-corrected chi connectivity index (χ2v) is 5.70. The minimum absolute atomic E-state index is 0.0796. The van der Waals surface area contributed by atoms with Gasteiger partial charge < -0.3 is 10.1 Å². The number of rotatable bonds is 4. The Hall–Kier alpha value is -2.44. The van der Waals surface area contributed by atoms with Crippen LogP contribution in [0.3, 0.4) is 0 Å². The van der Waals surface area contributed by atoms with Crippen LogP contribution in [0.2, 0.25) is 0 Å². The first kappa shape index (κ1) is 16.9. The number of urea groups is 1. The number of esters is 1. The highest BCUT2D eigenvalue weighted by Gasteiger charge is 2.23. The van der Waals surface area contributed by atoms with Crippen molar-refractivity contribution in [2.75, 3.05) is 6.61 Å². The summed E-state index contributed by atoms with van der Waals surface area (Å²) in [5, 5.41) is 4.98. The maximum Gasteiger partial charge on any atom is 0.338 e. The Morgan fingerprint density at radius 2 is 1.91 bits per heavy atom. The number of hydrogen-bond acceptors (Lipinski definition) is 5. The van der Waals surface area contributed by atoms with Gasteiger partial charge in [-0.05, 0) is 30.9 Å². The van der Waals surface area contributed by atoms with Gasteiger partial charge in [-0.1, -0.05) is 19.8 Å². The minimum Gasteiger partial charge on any atom is -0.452 e. The van der Waals surface area contributed by atoms with Crippen LogP contribution < -0.4 is 10.6 Å². The molecule has 1 heterocycles. The van der Waals surface area contributed by atoms with Crippen molar-refractivity contribution in [2.24, 2.45) is 5.92 Å². The number of pyridine rings is 1. The van der Waals surface area contributed by atoms with Gasteiger partial charge in [0, 0.05) is 18.4 Å². The van der Waals surface area contributed by atoms with E-state index in [1.54, 1.807) is 0 Å². The van der Waals surface area contributed by atoms with Crippen LogP contribution in [0.1, 0.15) is 43.0 Å². The summed E-state index contributed by atoms with van der Waals surface area (Å²) >= 11 is 0. The van der Waals surface area contributed by atoms with Crippen molar-refractivity contribution in [2.45, 2.75) is 38.6 Å². The van der Waals surface area contributed by atoms with Gasteiger partial charge in [-0.25, -0.2) is 9.59 Å². The molecule has 0 spiro atoms. The first-order chi connectivity index (χ1) is 11.1. The SMILES string of the molecule is C[C@@H]1CCCC[C@H]1NC(=O)NC(=O)COC(=O)c1ccncc1. The molecule has 0 bridgehead atoms. The van der Waals surface area contributed by atoms with Crippen LogP contribution in [0.5, 0.6) is 0 Å². The fraction of sp³-hybridized carbons (Fsp3) is 0.500. The van der Waals surface area contributed by atoms with Crippen molar-refractivity contribution in [1.82, 2.24) is 15.6 Å². The highest BCUT2D eigenvalue weighted by atomic mass is 16.5. The summed E-state index contributed by atoms with van der Waals surface area (Å²) in [4.78, 5) is 38.9. The molecule has 1 saturated carbocycles. The molecule has 23 heavy (non-hydrogen) atoms. The molecule has 0 saturated heterocycles. The maximum absolute atomic E-state index is 11.8. The van der Waals surface area contributed by atoms with Crippen molar-refractivity contribution < 1.29 is 19.1 Å². The largest absolute Gasteiger partial charge is 0.452 e. The second-order valence-electron chi connectivity index (χ2n) is 5.70. The Balaban J connectivity index is 1.71. The highest BCUT2D eigenvalue weighted by molar-refractivity contribution is 5.97. The summed E-state index contributed by atoms with van der Waals surface area (Å²) in [5.41, 5.74) is 0.299. The van der Waals surface area contributed by atoms with Crippen molar-refractivity contribution in [3.8, 4) is 0 Å². The molecule has 1 aliphatic rings. The Labute approximate surface area is 134 Å². The van der Waals surface area contributed by atoms with Crippen LogP contribution >= 0.6 is 0 Å². The smallest absolute Gasteiger partial charge is 0.338 e. The average molecular weight is 319 g/mol. The molecule has 1 aromatic rings. The van der Waals surface area contributed by atoms with Crippen LogP contribution in [-0.2, 0) is 9.53 Å². The number of carbonyl (C=O) groups is 3. The fourth-order valence-electron chi connectivity index (χ4n) is 2.60. The van der Waals surface area contributed by atoms with E-state index < -0.39 is 24.5 Å². The van der Waals surface area contributed by atoms with E-state index in [0.29, 0.717) is 11.5 Å². The molecule has 7 nitrogen and oxygen atoms in total. The lowest BCUT2D eigenvalue weighted by Gasteiger charge is -2.29. The summed E-state index contributed by atoms with van der Waals surface area (Å²) in [5.74, 6) is -0.897. The fourth-order valence-corrected chi connectivity index (χ4v) is 2.60. The number of imide groups is 1. The van der Waals surface area contributed by atoms with Crippen molar-refractivity contribution in [1.29, 1.82) is 0 Å². The van der Waals surface area contributed by atoms with E-state index in [1.165, 1.54) is 30.9 Å². The van der Waals surface area contributed by atoms with E-state index >= 15 is 0 Å². The Morgan fingerprint density at radius 3 is 2.61 bits per heavy atom. The molecule has 124 valence electrons. The van der Waals surface area contributed by atoms with Crippen molar-refractivity contribution >= 4 is 17.9 Å². The monoisotopic (exact) mass is 319 g/mol. The van der Waals surface area contributed by atoms with Gasteiger partial charge >= 0.3 is 12.0 Å². The molecule has 0 aliphatic heterocycles. The van der Waals surface area contributed by atoms with Gasteiger partial charge in [0.15, 0.2) is 6.61 Å². The van der Waals surface area contributed by atoms with E-state index in [9.17, 15) is 14.4 Å². The molecule has 2 rings (SSSR count). The molecule has 0 aromatic carbocycles. The molecule has 1 aromatic heterocycles. The minimum atomic E-state index is -0.659. The number of amides is 3. The number of ether oxygens (including phenoxy) is 1. The zero-order chi connectivity index (χ0) is 16.7. The lowest BCUT2D eigenvalue weighted by molar-refractivity contribution is -0.123. The maximum atomic E-state index is 11.8. The van der Waals surface area contributed by atoms with Crippen molar-refractivity contribution in [3.05, 3.63) is 30.1 Å². The van der Waals surface area contributed by atoms with Crippen molar-refractivity contribution in [3.63, 3.8) is 0 Å². The van der Waals surface area contributed by atoms with E-state index in [4.69, 9.17) is 4.74 Å². The van der Waals surface area contributed by atoms with E-state index in [-0.39, 0.29) is 6.04 Å². The number of carbonyl (C=O) groups excluding carboxylic acids is 3. The zero-order valence-corrected chi connectivity index (χ0v) is 13.1. The molecule has 7 heteroatoms. The molecule has 0 unspecified atom stereocenters. The van der Waals surface area contributed by atoms with Crippen LogP contribution in [0.4, 0.5) is 4.79 Å². The van der Waals surface area contributed by atoms with Crippen LogP contribution in [0, 0.1) is 5.92 Å². The molecule has 2 N–H and O–H groups in total. The number of nitrogens with zero attached hydrogens (tertiary/aromatic N) is 1. The van der Waals surface area contributed by atoms with Gasteiger partial charge in [0.2, 0.25) is 0 Å². The quantitative estimate of drug-likeness (QED) is 0.822. The third-order valence-electron chi connectivity index (χ3n) is 3.93. The summed E-state index contributed by atoms with van der Waals surface area (Å²) < 4.78 is 4.84. The van der Waals surface area contributed by atoms with Gasteiger partial charge in [0.25, 0.3) is 5.91 Å². The van der Waals surface area contributed by atoms with Crippen LogP contribution in [0.15, 0.2) is 24.5 Å². The molecular formula is C16H21N3O4. The van der Waals surface area contributed by atoms with E-state index in [0.717, 1.165) is 19.3 Å². The van der Waals surface area contributed by atoms with Crippen LogP contribution in [0.25, 0.3) is 0 Å². The second kappa shape index (κ2) is 8.26. The molecule has 1 aliphatic carbocycles. The number of nitrogens with one attached hydrogen (secondary N) is 2. The van der Waals surface area contributed by atoms with Gasteiger partial charge in [0.05, 0.1) is 5.56 Å². The predicted octanol–water partition coefficient (Wildman–Crippen LogP) is 1.64. The number of aromatic nitrogens is 1. The third-order valence-corrected chi connectivity index (χ3v) is 3.93. The first-order valence-electron chi connectivity index (χ1n) is 7.73. The van der Waals surface area contributed by atoms with E-state index in [2.05, 4.69) is 22.5 Å². The molecule has 3 amide bonds. The van der Waals surface area contributed by atoms with Gasteiger partial charge in [-0.3, -0.25) is 15.1 Å². The molecule has 1 fully saturated rings. The molecule has 0 radical (unpaired) electrons. The topological polar surface area (TPSA) is 97.4 Å². The first-order valence-corrected chi connectivity index (χ1v) is 7.73. The molecular weight excluding hydrogens is 298 g/mol. The Bertz CT molecular complexity index is 562. The summed E-state index contributed by atoms with van der Waals surface area (Å²) in [6, 6.07) is 2.50. The standard InChI is InChI=1S/C16H21N3O4/c1-11-4-2-3-5-13(11)18-16(22)19-14(20)10-23-15(21)12-6-8-17-9-7-12/h6-9,11,13H,2-5,10H2,1H3,(H2,18,19,20,22)/t11-,13-/m1/s1. The summed E-state index contributed by atoms with van der Waals surface area (Å²) in [6.45, 7) is 1.58. The average Bonchev–Trinajstić information content (AvgIpc) is 2.55. The summed E-state index contributed by atoms with van der Waals surface area (Å²) in [6.07, 6.45) is 7.14. The van der Waals surface area contributed by atoms with Gasteiger partial charge in [-0.2, -0.15) is 0 Å². The normalized spacial score (nSPS) is 20.4. The Kier molecular flexibility index (Phi) is 6.08. The highest BCUT2D eigenvalue weighted by Crippen LogP contribution is 2.23. The number of hydrogen-bond donors (Lipinski definition) is 2. The van der Waals surface area contributed by atoms with Gasteiger partial charge in [-0.15, -0.1) is 0 Å². The van der Waals surface area contributed by atoms with E-state index in [1.807, 2.05) is 0 Å².